The van der Waals surface area contributed by atoms with E-state index >= 15 is 0 Å². The summed E-state index contributed by atoms with van der Waals surface area (Å²) in [5.74, 6) is 0.00571. The molecule has 0 aliphatic heterocycles. The summed E-state index contributed by atoms with van der Waals surface area (Å²) in [5, 5.41) is 8.77. The molecule has 1 rings (SSSR count). The minimum atomic E-state index is -2.90. The lowest BCUT2D eigenvalue weighted by atomic mass is 10.2. The first-order valence-electron chi connectivity index (χ1n) is 3.80. The Morgan fingerprint density at radius 1 is 1.57 bits per heavy atom. The highest BCUT2D eigenvalue weighted by atomic mass is 35.5. The summed E-state index contributed by atoms with van der Waals surface area (Å²) in [7, 11) is 0. The van der Waals surface area contributed by atoms with Crippen LogP contribution in [0.2, 0.25) is 0 Å². The number of halogens is 3. The van der Waals surface area contributed by atoms with Crippen LogP contribution in [0.4, 0.5) is 8.78 Å². The van der Waals surface area contributed by atoms with Gasteiger partial charge in [-0.2, -0.15) is 0 Å². The van der Waals surface area contributed by atoms with E-state index in [1.54, 1.807) is 0 Å². The first kappa shape index (κ1) is 11.1. The maximum atomic E-state index is 12.3. The average molecular weight is 224 g/mol. The monoisotopic (exact) mass is 223 g/mol. The summed E-state index contributed by atoms with van der Waals surface area (Å²) in [6.45, 7) is -0.639. The van der Waals surface area contributed by atoms with E-state index in [1.807, 2.05) is 0 Å². The molecule has 0 atom stereocenters. The summed E-state index contributed by atoms with van der Waals surface area (Å²) < 4.78 is 24.7. The lowest BCUT2D eigenvalue weighted by Crippen LogP contribution is -2.15. The van der Waals surface area contributed by atoms with Crippen LogP contribution in [0.1, 0.15) is 23.4 Å². The fourth-order valence-corrected chi connectivity index (χ4v) is 1.26. The fourth-order valence-electron chi connectivity index (χ4n) is 1.12. The van der Waals surface area contributed by atoms with Gasteiger partial charge in [-0.1, -0.05) is 0 Å². The van der Waals surface area contributed by atoms with Crippen molar-refractivity contribution in [3.8, 4) is 0 Å². The second-order valence-corrected chi connectivity index (χ2v) is 2.91. The van der Waals surface area contributed by atoms with Crippen molar-refractivity contribution in [1.29, 1.82) is 0 Å². The van der Waals surface area contributed by atoms with Gasteiger partial charge in [0.25, 0.3) is 6.43 Å². The minimum Gasteiger partial charge on any atom is -0.390 e. The molecule has 0 saturated carbocycles. The first-order valence-corrected chi connectivity index (χ1v) is 4.33. The molecule has 1 aromatic rings. The Bertz CT molecular complexity index is 378. The molecule has 0 aliphatic rings. The molecule has 0 amide bonds. The zero-order valence-electron chi connectivity index (χ0n) is 7.06. The highest BCUT2D eigenvalue weighted by Crippen LogP contribution is 2.18. The van der Waals surface area contributed by atoms with Crippen LogP contribution in [-0.2, 0) is 12.5 Å². The minimum absolute atomic E-state index is 0.00571. The number of rotatable bonds is 3. The van der Waals surface area contributed by atoms with Crippen molar-refractivity contribution < 1.29 is 13.9 Å². The third-order valence-corrected chi connectivity index (χ3v) is 2.02. The van der Waals surface area contributed by atoms with Crippen LogP contribution >= 0.6 is 11.6 Å². The zero-order valence-corrected chi connectivity index (χ0v) is 7.81. The molecule has 3 nitrogen and oxygen atoms in total. The Morgan fingerprint density at radius 3 is 2.64 bits per heavy atom. The normalized spacial score (nSPS) is 10.9. The highest BCUT2D eigenvalue weighted by molar-refractivity contribution is 6.16. The van der Waals surface area contributed by atoms with Gasteiger partial charge in [0, 0.05) is 11.8 Å². The van der Waals surface area contributed by atoms with Crippen molar-refractivity contribution in [3.05, 3.63) is 33.2 Å². The van der Waals surface area contributed by atoms with Crippen molar-refractivity contribution in [2.24, 2.45) is 0 Å². The Morgan fingerprint density at radius 2 is 2.21 bits per heavy atom. The lowest BCUT2D eigenvalue weighted by Gasteiger charge is -2.07. The molecule has 0 spiro atoms. The van der Waals surface area contributed by atoms with Gasteiger partial charge in [-0.05, 0) is 0 Å². The van der Waals surface area contributed by atoms with E-state index in [0.717, 1.165) is 6.07 Å². The van der Waals surface area contributed by atoms with E-state index in [2.05, 4.69) is 4.98 Å². The number of hydrogen-bond donors (Lipinski definition) is 2. The number of aliphatic hydroxyl groups excluding tert-OH is 1. The number of aromatic amines is 1. The average Bonchev–Trinajstić information content (AvgIpc) is 2.15. The first-order chi connectivity index (χ1) is 6.60. The van der Waals surface area contributed by atoms with Gasteiger partial charge in [0.1, 0.15) is 0 Å². The molecule has 0 radical (unpaired) electrons. The maximum Gasteiger partial charge on any atom is 0.269 e. The number of pyridine rings is 1. The quantitative estimate of drug-likeness (QED) is 0.764. The molecule has 0 fully saturated rings. The number of alkyl halides is 3. The predicted molar refractivity (Wildman–Crippen MR) is 47.5 cm³/mol. The van der Waals surface area contributed by atoms with Crippen molar-refractivity contribution in [2.45, 2.75) is 18.9 Å². The number of H-pyrrole nitrogens is 1. The van der Waals surface area contributed by atoms with Crippen LogP contribution < -0.4 is 5.43 Å². The number of hydrogen-bond acceptors (Lipinski definition) is 2. The molecule has 1 heterocycles. The van der Waals surface area contributed by atoms with Crippen LogP contribution in [0.3, 0.4) is 0 Å². The van der Waals surface area contributed by atoms with Gasteiger partial charge in [0.05, 0.1) is 23.7 Å². The molecular weight excluding hydrogens is 216 g/mol. The SMILES string of the molecule is O=c1cc(CCl)[nH]c(CO)c1C(F)F. The summed E-state index contributed by atoms with van der Waals surface area (Å²) >= 11 is 5.42. The summed E-state index contributed by atoms with van der Waals surface area (Å²) in [4.78, 5) is 13.6. The molecular formula is C8H8ClF2NO2. The van der Waals surface area contributed by atoms with E-state index < -0.39 is 24.0 Å². The summed E-state index contributed by atoms with van der Waals surface area (Å²) in [5.41, 5.74) is -1.37. The molecule has 0 bridgehead atoms. The van der Waals surface area contributed by atoms with Crippen LogP contribution in [0.5, 0.6) is 0 Å². The van der Waals surface area contributed by atoms with E-state index in [9.17, 15) is 13.6 Å². The second-order valence-electron chi connectivity index (χ2n) is 2.64. The third kappa shape index (κ3) is 2.10. The topological polar surface area (TPSA) is 53.1 Å². The number of aromatic nitrogens is 1. The van der Waals surface area contributed by atoms with Crippen molar-refractivity contribution in [1.82, 2.24) is 4.98 Å². The Labute approximate surface area is 83.3 Å². The lowest BCUT2D eigenvalue weighted by molar-refractivity contribution is 0.144. The Hall–Kier alpha value is -0.940. The molecule has 1 aromatic heterocycles. The fraction of sp³-hybridized carbons (Fsp3) is 0.375. The van der Waals surface area contributed by atoms with E-state index in [0.29, 0.717) is 5.69 Å². The van der Waals surface area contributed by atoms with Gasteiger partial charge in [-0.3, -0.25) is 4.79 Å². The molecule has 0 aliphatic carbocycles. The summed E-state index contributed by atoms with van der Waals surface area (Å²) in [6.07, 6.45) is -2.90. The van der Waals surface area contributed by atoms with E-state index in [4.69, 9.17) is 16.7 Å². The third-order valence-electron chi connectivity index (χ3n) is 1.73. The van der Waals surface area contributed by atoms with Crippen molar-refractivity contribution in [2.75, 3.05) is 0 Å². The molecule has 6 heteroatoms. The predicted octanol–water partition coefficient (Wildman–Crippen LogP) is 1.54. The number of aliphatic hydroxyl groups is 1. The van der Waals surface area contributed by atoms with Gasteiger partial charge in [0.2, 0.25) is 0 Å². The molecule has 0 saturated heterocycles. The Kier molecular flexibility index (Phi) is 3.60. The highest BCUT2D eigenvalue weighted by Gasteiger charge is 2.17. The van der Waals surface area contributed by atoms with Crippen molar-refractivity contribution >= 4 is 11.6 Å². The van der Waals surface area contributed by atoms with Gasteiger partial charge < -0.3 is 10.1 Å². The van der Waals surface area contributed by atoms with Crippen LogP contribution in [0.25, 0.3) is 0 Å². The van der Waals surface area contributed by atoms with Crippen molar-refractivity contribution in [3.63, 3.8) is 0 Å². The van der Waals surface area contributed by atoms with Gasteiger partial charge in [0.15, 0.2) is 5.43 Å². The maximum absolute atomic E-state index is 12.3. The zero-order chi connectivity index (χ0) is 10.7. The molecule has 78 valence electrons. The molecule has 14 heavy (non-hydrogen) atoms. The molecule has 2 N–H and O–H groups in total. The smallest absolute Gasteiger partial charge is 0.269 e. The van der Waals surface area contributed by atoms with Gasteiger partial charge >= 0.3 is 0 Å². The Balaban J connectivity index is 3.35. The van der Waals surface area contributed by atoms with Crippen LogP contribution in [0, 0.1) is 0 Å². The number of nitrogens with one attached hydrogen (secondary N) is 1. The van der Waals surface area contributed by atoms with Gasteiger partial charge in [-0.15, -0.1) is 11.6 Å². The largest absolute Gasteiger partial charge is 0.390 e. The summed E-state index contributed by atoms with van der Waals surface area (Å²) in [6, 6.07) is 1.01. The molecule has 0 aromatic carbocycles. The molecule has 0 unspecified atom stereocenters. The standard InChI is InChI=1S/C8H8ClF2NO2/c9-2-4-1-6(14)7(8(10)11)5(3-13)12-4/h1,8,13H,2-3H2,(H,12,14). The van der Waals surface area contributed by atoms with E-state index in [1.165, 1.54) is 0 Å². The van der Waals surface area contributed by atoms with Crippen LogP contribution in [0.15, 0.2) is 10.9 Å². The van der Waals surface area contributed by atoms with Gasteiger partial charge in [-0.25, -0.2) is 8.78 Å². The second kappa shape index (κ2) is 4.52. The van der Waals surface area contributed by atoms with Crippen LogP contribution in [-0.4, -0.2) is 10.1 Å². The van der Waals surface area contributed by atoms with E-state index in [-0.39, 0.29) is 11.6 Å².